The fourth-order valence-electron chi connectivity index (χ4n) is 3.06. The topological polar surface area (TPSA) is 64.1 Å². The van der Waals surface area contributed by atoms with Crippen LogP contribution in [0, 0.1) is 5.41 Å². The number of nitrogens with two attached hydrogens (primary N) is 1. The summed E-state index contributed by atoms with van der Waals surface area (Å²) in [5.41, 5.74) is 8.18. The third-order valence-electron chi connectivity index (χ3n) is 4.28. The van der Waals surface area contributed by atoms with Crippen molar-refractivity contribution in [3.05, 3.63) is 17.5 Å². The maximum atomic E-state index is 9.62. The molecule has 15 heavy (non-hydrogen) atoms. The van der Waals surface area contributed by atoms with Crippen molar-refractivity contribution in [2.75, 3.05) is 6.61 Å². The van der Waals surface area contributed by atoms with Gasteiger partial charge >= 0.3 is 0 Å². The van der Waals surface area contributed by atoms with Gasteiger partial charge in [-0.1, -0.05) is 0 Å². The zero-order valence-electron chi connectivity index (χ0n) is 9.03. The van der Waals surface area contributed by atoms with Gasteiger partial charge in [-0.3, -0.25) is 4.68 Å². The van der Waals surface area contributed by atoms with Crippen molar-refractivity contribution < 1.29 is 5.11 Å². The fourth-order valence-corrected chi connectivity index (χ4v) is 3.06. The van der Waals surface area contributed by atoms with Crippen LogP contribution >= 0.6 is 0 Å². The van der Waals surface area contributed by atoms with Gasteiger partial charge in [-0.2, -0.15) is 5.10 Å². The molecule has 0 bridgehead atoms. The summed E-state index contributed by atoms with van der Waals surface area (Å²) in [5.74, 6) is 0. The molecule has 0 amide bonds. The second-order valence-electron chi connectivity index (χ2n) is 5.07. The molecule has 1 saturated carbocycles. The summed E-state index contributed by atoms with van der Waals surface area (Å²) in [7, 11) is 1.91. The molecule has 2 aliphatic rings. The quantitative estimate of drug-likeness (QED) is 0.696. The van der Waals surface area contributed by atoms with Crippen molar-refractivity contribution in [3.8, 4) is 0 Å². The van der Waals surface area contributed by atoms with Crippen molar-refractivity contribution in [2.45, 2.75) is 31.2 Å². The van der Waals surface area contributed by atoms with E-state index < -0.39 is 5.54 Å². The molecule has 1 aromatic rings. The first kappa shape index (κ1) is 9.36. The first-order chi connectivity index (χ1) is 7.11. The number of nitrogens with zero attached hydrogens (tertiary/aromatic N) is 2. The van der Waals surface area contributed by atoms with E-state index in [-0.39, 0.29) is 12.0 Å². The van der Waals surface area contributed by atoms with Crippen LogP contribution in [0.3, 0.4) is 0 Å². The van der Waals surface area contributed by atoms with E-state index in [9.17, 15) is 5.11 Å². The van der Waals surface area contributed by atoms with Gasteiger partial charge in [0.2, 0.25) is 0 Å². The molecular weight excluding hydrogens is 190 g/mol. The van der Waals surface area contributed by atoms with E-state index in [0.29, 0.717) is 0 Å². The van der Waals surface area contributed by atoms with E-state index in [2.05, 4.69) is 5.10 Å². The van der Waals surface area contributed by atoms with E-state index in [1.165, 1.54) is 0 Å². The molecule has 2 aliphatic carbocycles. The minimum absolute atomic E-state index is 0.0334. The molecule has 0 aromatic carbocycles. The van der Waals surface area contributed by atoms with Crippen molar-refractivity contribution in [3.63, 3.8) is 0 Å². The van der Waals surface area contributed by atoms with Crippen LogP contribution in [-0.2, 0) is 19.0 Å². The molecule has 1 aromatic heterocycles. The molecular formula is C11H17N3O. The highest BCUT2D eigenvalue weighted by Gasteiger charge is 2.60. The molecule has 1 heterocycles. The molecule has 1 spiro atoms. The maximum Gasteiger partial charge on any atom is 0.0734 e. The summed E-state index contributed by atoms with van der Waals surface area (Å²) in [4.78, 5) is 0. The number of fused-ring (bicyclic) bond motifs is 1. The summed E-state index contributed by atoms with van der Waals surface area (Å²) in [5, 5.41) is 14.0. The van der Waals surface area contributed by atoms with E-state index in [0.717, 1.165) is 36.9 Å². The van der Waals surface area contributed by atoms with Crippen LogP contribution < -0.4 is 5.73 Å². The SMILES string of the molecule is Cn1cc2c(n1)CCC1(CC1)C2(N)CO. The van der Waals surface area contributed by atoms with Crippen LogP contribution in [-0.4, -0.2) is 21.5 Å². The van der Waals surface area contributed by atoms with Gasteiger partial charge < -0.3 is 10.8 Å². The van der Waals surface area contributed by atoms with Gasteiger partial charge in [0.15, 0.2) is 0 Å². The number of aromatic nitrogens is 2. The lowest BCUT2D eigenvalue weighted by Crippen LogP contribution is -2.51. The molecule has 1 fully saturated rings. The van der Waals surface area contributed by atoms with Crippen LogP contribution in [0.1, 0.15) is 30.5 Å². The fraction of sp³-hybridized carbons (Fsp3) is 0.727. The van der Waals surface area contributed by atoms with Crippen LogP contribution in [0.15, 0.2) is 6.20 Å². The Bertz CT molecular complexity index is 408. The largest absolute Gasteiger partial charge is 0.394 e. The van der Waals surface area contributed by atoms with E-state index in [1.54, 1.807) is 0 Å². The molecule has 0 radical (unpaired) electrons. The number of aryl methyl sites for hydroxylation is 2. The highest BCUT2D eigenvalue weighted by Crippen LogP contribution is 2.62. The van der Waals surface area contributed by atoms with Gasteiger partial charge in [0.1, 0.15) is 0 Å². The average Bonchev–Trinajstić information content (AvgIpc) is 2.91. The molecule has 4 nitrogen and oxygen atoms in total. The molecule has 3 N–H and O–H groups in total. The van der Waals surface area contributed by atoms with E-state index >= 15 is 0 Å². The van der Waals surface area contributed by atoms with Crippen molar-refractivity contribution in [1.29, 1.82) is 0 Å². The number of rotatable bonds is 1. The highest BCUT2D eigenvalue weighted by molar-refractivity contribution is 5.36. The highest BCUT2D eigenvalue weighted by atomic mass is 16.3. The standard InChI is InChI=1S/C11H17N3O/c1-14-6-8-9(13-14)2-3-10(4-5-10)11(8,12)7-15/h6,15H,2-5,7,12H2,1H3. The number of aliphatic hydroxyl groups excluding tert-OH is 1. The van der Waals surface area contributed by atoms with Gasteiger partial charge in [0.05, 0.1) is 17.8 Å². The lowest BCUT2D eigenvalue weighted by molar-refractivity contribution is 0.108. The molecule has 3 rings (SSSR count). The third-order valence-corrected chi connectivity index (χ3v) is 4.28. The van der Waals surface area contributed by atoms with Crippen LogP contribution in [0.4, 0.5) is 0 Å². The van der Waals surface area contributed by atoms with Gasteiger partial charge in [0.25, 0.3) is 0 Å². The Morgan fingerprint density at radius 1 is 1.53 bits per heavy atom. The Hall–Kier alpha value is -0.870. The molecule has 1 unspecified atom stereocenters. The number of aliphatic hydroxyl groups is 1. The second-order valence-corrected chi connectivity index (χ2v) is 5.07. The summed E-state index contributed by atoms with van der Waals surface area (Å²) in [6.45, 7) is 0.0334. The molecule has 0 aliphatic heterocycles. The predicted octanol–water partition coefficient (Wildman–Crippen LogP) is 0.293. The zero-order chi connectivity index (χ0) is 10.7. The predicted molar refractivity (Wildman–Crippen MR) is 56.1 cm³/mol. The Labute approximate surface area is 89.1 Å². The van der Waals surface area contributed by atoms with E-state index in [1.807, 2.05) is 17.9 Å². The average molecular weight is 207 g/mol. The van der Waals surface area contributed by atoms with Gasteiger partial charge in [-0.15, -0.1) is 0 Å². The van der Waals surface area contributed by atoms with Gasteiger partial charge in [-0.05, 0) is 31.1 Å². The second kappa shape index (κ2) is 2.62. The monoisotopic (exact) mass is 207 g/mol. The molecule has 4 heteroatoms. The molecule has 82 valence electrons. The van der Waals surface area contributed by atoms with Crippen molar-refractivity contribution in [1.82, 2.24) is 9.78 Å². The summed E-state index contributed by atoms with van der Waals surface area (Å²) in [6, 6.07) is 0. The Balaban J connectivity index is 2.15. The van der Waals surface area contributed by atoms with Crippen LogP contribution in [0.25, 0.3) is 0 Å². The minimum Gasteiger partial charge on any atom is -0.394 e. The smallest absolute Gasteiger partial charge is 0.0734 e. The normalized spacial score (nSPS) is 31.7. The van der Waals surface area contributed by atoms with E-state index in [4.69, 9.17) is 5.73 Å². The molecule has 1 atom stereocenters. The van der Waals surface area contributed by atoms with Crippen LogP contribution in [0.2, 0.25) is 0 Å². The van der Waals surface area contributed by atoms with Gasteiger partial charge in [-0.25, -0.2) is 0 Å². The Morgan fingerprint density at radius 3 is 2.87 bits per heavy atom. The summed E-state index contributed by atoms with van der Waals surface area (Å²) < 4.78 is 1.81. The Kier molecular flexibility index (Phi) is 1.64. The van der Waals surface area contributed by atoms with Crippen molar-refractivity contribution in [2.24, 2.45) is 18.2 Å². The maximum absolute atomic E-state index is 9.62. The van der Waals surface area contributed by atoms with Crippen molar-refractivity contribution >= 4 is 0 Å². The third kappa shape index (κ3) is 1.01. The zero-order valence-corrected chi connectivity index (χ0v) is 9.03. The lowest BCUT2D eigenvalue weighted by Gasteiger charge is -2.40. The minimum atomic E-state index is -0.547. The first-order valence-electron chi connectivity index (χ1n) is 5.54. The summed E-state index contributed by atoms with van der Waals surface area (Å²) >= 11 is 0. The van der Waals surface area contributed by atoms with Crippen LogP contribution in [0.5, 0.6) is 0 Å². The summed E-state index contributed by atoms with van der Waals surface area (Å²) in [6.07, 6.45) is 6.37. The Morgan fingerprint density at radius 2 is 2.27 bits per heavy atom. The van der Waals surface area contributed by atoms with Gasteiger partial charge in [0, 0.05) is 18.8 Å². The number of hydrogen-bond acceptors (Lipinski definition) is 3. The number of hydrogen-bond donors (Lipinski definition) is 2. The first-order valence-corrected chi connectivity index (χ1v) is 5.54. The lowest BCUT2D eigenvalue weighted by atomic mass is 9.69. The molecule has 0 saturated heterocycles.